The summed E-state index contributed by atoms with van der Waals surface area (Å²) < 4.78 is 0. The molecule has 1 amide bonds. The highest BCUT2D eigenvalue weighted by molar-refractivity contribution is 7.17. The Morgan fingerprint density at radius 2 is 2.12 bits per heavy atom. The van der Waals surface area contributed by atoms with Gasteiger partial charge in [0.1, 0.15) is 0 Å². The van der Waals surface area contributed by atoms with E-state index in [1.165, 1.54) is 11.3 Å². The van der Waals surface area contributed by atoms with Gasteiger partial charge in [0, 0.05) is 23.8 Å². The third-order valence-corrected chi connectivity index (χ3v) is 6.52. The summed E-state index contributed by atoms with van der Waals surface area (Å²) in [6.45, 7) is 4.49. The van der Waals surface area contributed by atoms with E-state index in [9.17, 15) is 10.1 Å². The highest BCUT2D eigenvalue weighted by Crippen LogP contribution is 2.33. The smallest absolute Gasteiger partial charge is 0.280 e. The number of thiazole rings is 1. The van der Waals surface area contributed by atoms with E-state index in [1.807, 2.05) is 18.2 Å². The molecule has 5 rings (SSSR count). The summed E-state index contributed by atoms with van der Waals surface area (Å²) in [6, 6.07) is 10.2. The third-order valence-electron chi connectivity index (χ3n) is 5.49. The summed E-state index contributed by atoms with van der Waals surface area (Å²) in [5.41, 5.74) is 1.43. The molecule has 3 fully saturated rings. The molecule has 4 heterocycles. The molecule has 5 nitrogen and oxygen atoms in total. The first-order valence-electron chi connectivity index (χ1n) is 8.67. The van der Waals surface area contributed by atoms with E-state index in [1.54, 1.807) is 12.3 Å². The van der Waals surface area contributed by atoms with Gasteiger partial charge < -0.3 is 5.32 Å². The molecule has 3 aliphatic rings. The van der Waals surface area contributed by atoms with Crippen LogP contribution in [0.15, 0.2) is 30.5 Å². The molecular weight excluding hydrogens is 332 g/mol. The maximum atomic E-state index is 12.7. The molecule has 128 valence electrons. The second-order valence-electron chi connectivity index (χ2n) is 6.80. The summed E-state index contributed by atoms with van der Waals surface area (Å²) in [4.78, 5) is 20.3. The van der Waals surface area contributed by atoms with E-state index < -0.39 is 0 Å². The average molecular weight is 352 g/mol. The molecule has 0 radical (unpaired) electrons. The monoisotopic (exact) mass is 352 g/mol. The average Bonchev–Trinajstić information content (AvgIpc) is 3.15. The van der Waals surface area contributed by atoms with E-state index in [4.69, 9.17) is 0 Å². The van der Waals surface area contributed by atoms with Gasteiger partial charge in [0.15, 0.2) is 5.01 Å². The molecule has 2 aromatic rings. The van der Waals surface area contributed by atoms with Crippen LogP contribution in [0.5, 0.6) is 0 Å². The number of nitrogens with one attached hydrogen (secondary N) is 1. The normalized spacial score (nSPS) is 27.7. The molecule has 25 heavy (non-hydrogen) atoms. The Morgan fingerprint density at radius 3 is 2.84 bits per heavy atom. The minimum Gasteiger partial charge on any atom is -0.345 e. The number of carbonyl (C=O) groups excluding carboxylic acids is 1. The van der Waals surface area contributed by atoms with Gasteiger partial charge in [-0.05, 0) is 44.8 Å². The maximum Gasteiger partial charge on any atom is 0.280 e. The van der Waals surface area contributed by atoms with Crippen molar-refractivity contribution in [1.82, 2.24) is 15.2 Å². The Hall–Kier alpha value is -2.23. The third kappa shape index (κ3) is 2.94. The van der Waals surface area contributed by atoms with Gasteiger partial charge in [-0.25, -0.2) is 4.98 Å². The number of piperidine rings is 3. The van der Waals surface area contributed by atoms with Crippen LogP contribution in [-0.2, 0) is 0 Å². The standard InChI is InChI=1S/C19H20N4OS/c1-12-17(13-6-8-23(12)9-7-13)22-18(24)19-21-11-16(25-19)15-5-3-2-4-14(15)10-20/h2-5,11-13,17H,6-9H2,1H3,(H,22,24). The van der Waals surface area contributed by atoms with E-state index in [0.29, 0.717) is 22.5 Å². The largest absolute Gasteiger partial charge is 0.345 e. The summed E-state index contributed by atoms with van der Waals surface area (Å²) in [5.74, 6) is 0.471. The number of carbonyl (C=O) groups is 1. The molecule has 0 saturated carbocycles. The molecule has 1 aromatic heterocycles. The van der Waals surface area contributed by atoms with Crippen molar-refractivity contribution in [2.45, 2.75) is 31.8 Å². The molecule has 2 atom stereocenters. The lowest BCUT2D eigenvalue weighted by Gasteiger charge is -2.49. The lowest BCUT2D eigenvalue weighted by atomic mass is 9.79. The molecule has 2 unspecified atom stereocenters. The number of nitrogens with zero attached hydrogens (tertiary/aromatic N) is 3. The predicted octanol–water partition coefficient (Wildman–Crippen LogP) is 2.89. The number of fused-ring (bicyclic) bond motifs is 3. The van der Waals surface area contributed by atoms with Crippen molar-refractivity contribution in [2.24, 2.45) is 5.92 Å². The van der Waals surface area contributed by atoms with E-state index in [0.717, 1.165) is 36.4 Å². The lowest BCUT2D eigenvalue weighted by Crippen LogP contribution is -2.62. The maximum absolute atomic E-state index is 12.7. The minimum atomic E-state index is -0.101. The van der Waals surface area contributed by atoms with Crippen LogP contribution >= 0.6 is 11.3 Å². The molecule has 1 N–H and O–H groups in total. The van der Waals surface area contributed by atoms with Crippen molar-refractivity contribution in [1.29, 1.82) is 5.26 Å². The fourth-order valence-electron chi connectivity index (χ4n) is 4.06. The van der Waals surface area contributed by atoms with Gasteiger partial charge in [0.2, 0.25) is 0 Å². The van der Waals surface area contributed by atoms with Crippen LogP contribution in [0.3, 0.4) is 0 Å². The Kier molecular flexibility index (Phi) is 4.28. The SMILES string of the molecule is CC1C(NC(=O)c2ncc(-c3ccccc3C#N)s2)C2CCN1CC2. The van der Waals surface area contributed by atoms with Crippen molar-refractivity contribution < 1.29 is 4.79 Å². The lowest BCUT2D eigenvalue weighted by molar-refractivity contribution is 0.0217. The summed E-state index contributed by atoms with van der Waals surface area (Å²) in [6.07, 6.45) is 4.01. The Balaban J connectivity index is 1.52. The van der Waals surface area contributed by atoms with Gasteiger partial charge in [-0.1, -0.05) is 18.2 Å². The van der Waals surface area contributed by atoms with Crippen molar-refractivity contribution in [3.8, 4) is 16.5 Å². The van der Waals surface area contributed by atoms with Crippen LogP contribution in [0.2, 0.25) is 0 Å². The number of benzene rings is 1. The van der Waals surface area contributed by atoms with Gasteiger partial charge in [-0.3, -0.25) is 9.69 Å². The number of aromatic nitrogens is 1. The van der Waals surface area contributed by atoms with Crippen molar-refractivity contribution >= 4 is 17.2 Å². The molecule has 6 heteroatoms. The van der Waals surface area contributed by atoms with Crippen molar-refractivity contribution in [3.05, 3.63) is 41.0 Å². The van der Waals surface area contributed by atoms with Crippen LogP contribution < -0.4 is 5.32 Å². The Bertz CT molecular complexity index is 830. The predicted molar refractivity (Wildman–Crippen MR) is 97.3 cm³/mol. The van der Waals surface area contributed by atoms with Crippen LogP contribution in [-0.4, -0.2) is 41.0 Å². The first kappa shape index (κ1) is 16.2. The first-order chi connectivity index (χ1) is 12.2. The molecule has 0 aliphatic carbocycles. The van der Waals surface area contributed by atoms with E-state index in [2.05, 4.69) is 28.2 Å². The summed E-state index contributed by atoms with van der Waals surface area (Å²) >= 11 is 1.35. The minimum absolute atomic E-state index is 0.101. The molecular formula is C19H20N4OS. The van der Waals surface area contributed by atoms with Crippen LogP contribution in [0.4, 0.5) is 0 Å². The van der Waals surface area contributed by atoms with Gasteiger partial charge in [-0.2, -0.15) is 5.26 Å². The van der Waals surface area contributed by atoms with Crippen LogP contribution in [0, 0.1) is 17.2 Å². The molecule has 3 saturated heterocycles. The van der Waals surface area contributed by atoms with E-state index in [-0.39, 0.29) is 11.9 Å². The van der Waals surface area contributed by atoms with Crippen molar-refractivity contribution in [3.63, 3.8) is 0 Å². The Morgan fingerprint density at radius 1 is 1.36 bits per heavy atom. The summed E-state index contributed by atoms with van der Waals surface area (Å²) in [7, 11) is 0. The summed E-state index contributed by atoms with van der Waals surface area (Å²) in [5, 5.41) is 12.9. The van der Waals surface area contributed by atoms with E-state index >= 15 is 0 Å². The zero-order valence-electron chi connectivity index (χ0n) is 14.1. The van der Waals surface area contributed by atoms with Crippen LogP contribution in [0.25, 0.3) is 10.4 Å². The van der Waals surface area contributed by atoms with Gasteiger partial charge in [-0.15, -0.1) is 11.3 Å². The van der Waals surface area contributed by atoms with Gasteiger partial charge in [0.25, 0.3) is 5.91 Å². The highest BCUT2D eigenvalue weighted by atomic mass is 32.1. The molecule has 2 bridgehead atoms. The zero-order valence-corrected chi connectivity index (χ0v) is 14.9. The van der Waals surface area contributed by atoms with Gasteiger partial charge in [0.05, 0.1) is 16.5 Å². The molecule has 3 aliphatic heterocycles. The zero-order chi connectivity index (χ0) is 17.4. The number of amides is 1. The van der Waals surface area contributed by atoms with Crippen molar-refractivity contribution in [2.75, 3.05) is 13.1 Å². The first-order valence-corrected chi connectivity index (χ1v) is 9.49. The molecule has 0 spiro atoms. The Labute approximate surface area is 151 Å². The number of hydrogen-bond acceptors (Lipinski definition) is 5. The number of nitriles is 1. The fourth-order valence-corrected chi connectivity index (χ4v) is 4.92. The topological polar surface area (TPSA) is 69.0 Å². The number of rotatable bonds is 3. The molecule has 1 aromatic carbocycles. The fraction of sp³-hybridized carbons (Fsp3) is 0.421. The highest BCUT2D eigenvalue weighted by Gasteiger charge is 2.40. The van der Waals surface area contributed by atoms with Gasteiger partial charge >= 0.3 is 0 Å². The second-order valence-corrected chi connectivity index (χ2v) is 7.83. The quantitative estimate of drug-likeness (QED) is 0.922. The second kappa shape index (κ2) is 6.58. The number of hydrogen-bond donors (Lipinski definition) is 1. The van der Waals surface area contributed by atoms with Crippen LogP contribution in [0.1, 0.15) is 35.1 Å².